The van der Waals surface area contributed by atoms with E-state index in [2.05, 4.69) is 21.9 Å². The van der Waals surface area contributed by atoms with Gasteiger partial charge in [-0.3, -0.25) is 0 Å². The van der Waals surface area contributed by atoms with Gasteiger partial charge in [-0.15, -0.1) is 6.42 Å². The molecule has 62 valence electrons. The molecule has 0 amide bonds. The molecule has 0 unspecified atom stereocenters. The van der Waals surface area contributed by atoms with Gasteiger partial charge in [-0.2, -0.15) is 0 Å². The van der Waals surface area contributed by atoms with Gasteiger partial charge in [-0.25, -0.2) is 0 Å². The van der Waals surface area contributed by atoms with Gasteiger partial charge in [-0.1, -0.05) is 21.9 Å². The maximum Gasteiger partial charge on any atom is 0.165 e. The summed E-state index contributed by atoms with van der Waals surface area (Å²) in [6.45, 7) is 3.72. The lowest BCUT2D eigenvalue weighted by Gasteiger charge is -2.15. The van der Waals surface area contributed by atoms with Crippen LogP contribution in [0.1, 0.15) is 13.8 Å². The summed E-state index contributed by atoms with van der Waals surface area (Å²) in [5.74, 6) is 2.01. The van der Waals surface area contributed by atoms with Gasteiger partial charge in [0.1, 0.15) is 12.2 Å². The standard InChI is InChI=1S/C8H11BrO2/c1-4-6-7(5-9)11-8(2,3)10-6/h1,6-7H,5H2,2-3H3/t6-,7-/m1/s1. The van der Waals surface area contributed by atoms with Crippen LogP contribution in [0.3, 0.4) is 0 Å². The zero-order valence-electron chi connectivity index (χ0n) is 6.63. The molecule has 0 radical (unpaired) electrons. The Kier molecular flexibility index (Phi) is 2.58. The van der Waals surface area contributed by atoms with E-state index in [0.717, 1.165) is 0 Å². The van der Waals surface area contributed by atoms with Crippen molar-refractivity contribution in [3.05, 3.63) is 0 Å². The lowest BCUT2D eigenvalue weighted by molar-refractivity contribution is -0.140. The second kappa shape index (κ2) is 3.14. The minimum atomic E-state index is -0.532. The molecule has 0 aromatic heterocycles. The van der Waals surface area contributed by atoms with Gasteiger partial charge < -0.3 is 9.47 Å². The third-order valence-corrected chi connectivity index (χ3v) is 2.14. The summed E-state index contributed by atoms with van der Waals surface area (Å²) in [5.41, 5.74) is 0. The first-order chi connectivity index (χ1) is 5.09. The summed E-state index contributed by atoms with van der Waals surface area (Å²) in [6.07, 6.45) is 5.01. The maximum atomic E-state index is 5.49. The molecule has 0 spiro atoms. The Morgan fingerprint density at radius 2 is 2.18 bits per heavy atom. The molecule has 0 aliphatic carbocycles. The van der Waals surface area contributed by atoms with Crippen molar-refractivity contribution in [1.29, 1.82) is 0 Å². The van der Waals surface area contributed by atoms with Crippen LogP contribution in [0.2, 0.25) is 0 Å². The highest BCUT2D eigenvalue weighted by atomic mass is 79.9. The Hall–Kier alpha value is -0.0400. The molecule has 2 nitrogen and oxygen atoms in total. The molecule has 2 atom stereocenters. The molecule has 0 N–H and O–H groups in total. The monoisotopic (exact) mass is 218 g/mol. The summed E-state index contributed by atoms with van der Waals surface area (Å²) in [6, 6.07) is 0. The zero-order valence-corrected chi connectivity index (χ0v) is 8.22. The Labute approximate surface area is 75.4 Å². The Morgan fingerprint density at radius 3 is 2.55 bits per heavy atom. The Morgan fingerprint density at radius 1 is 1.55 bits per heavy atom. The summed E-state index contributed by atoms with van der Waals surface area (Å²) >= 11 is 3.31. The topological polar surface area (TPSA) is 18.5 Å². The first kappa shape index (κ1) is 9.05. The summed E-state index contributed by atoms with van der Waals surface area (Å²) in [7, 11) is 0. The number of terminal acetylenes is 1. The number of alkyl halides is 1. The van der Waals surface area contributed by atoms with Gasteiger partial charge in [0, 0.05) is 5.33 Å². The maximum absolute atomic E-state index is 5.49. The summed E-state index contributed by atoms with van der Waals surface area (Å²) in [4.78, 5) is 0. The number of ether oxygens (including phenoxy) is 2. The van der Waals surface area contributed by atoms with Crippen LogP contribution in [0.5, 0.6) is 0 Å². The van der Waals surface area contributed by atoms with E-state index in [4.69, 9.17) is 15.9 Å². The van der Waals surface area contributed by atoms with E-state index in [1.54, 1.807) is 0 Å². The number of halogens is 1. The molecule has 11 heavy (non-hydrogen) atoms. The van der Waals surface area contributed by atoms with E-state index in [0.29, 0.717) is 5.33 Å². The fourth-order valence-electron chi connectivity index (χ4n) is 1.09. The lowest BCUT2D eigenvalue weighted by Crippen LogP contribution is -2.22. The van der Waals surface area contributed by atoms with Gasteiger partial charge >= 0.3 is 0 Å². The third-order valence-electron chi connectivity index (χ3n) is 1.50. The summed E-state index contributed by atoms with van der Waals surface area (Å²) in [5, 5.41) is 0.714. The van der Waals surface area contributed by atoms with Crippen LogP contribution < -0.4 is 0 Å². The van der Waals surface area contributed by atoms with Crippen molar-refractivity contribution in [2.75, 3.05) is 5.33 Å². The highest BCUT2D eigenvalue weighted by molar-refractivity contribution is 9.09. The third kappa shape index (κ3) is 1.96. The number of hydrogen-bond donors (Lipinski definition) is 0. The highest BCUT2D eigenvalue weighted by Crippen LogP contribution is 2.28. The van der Waals surface area contributed by atoms with Gasteiger partial charge in [-0.05, 0) is 13.8 Å². The zero-order chi connectivity index (χ0) is 8.48. The SMILES string of the molecule is C#C[C@H]1OC(C)(C)O[C@@H]1CBr. The van der Waals surface area contributed by atoms with Crippen molar-refractivity contribution in [2.24, 2.45) is 0 Å². The molecule has 3 heteroatoms. The van der Waals surface area contributed by atoms with E-state index in [1.165, 1.54) is 0 Å². The van der Waals surface area contributed by atoms with Gasteiger partial charge in [0.25, 0.3) is 0 Å². The number of rotatable bonds is 1. The largest absolute Gasteiger partial charge is 0.343 e. The van der Waals surface area contributed by atoms with Crippen molar-refractivity contribution < 1.29 is 9.47 Å². The fraction of sp³-hybridized carbons (Fsp3) is 0.750. The average Bonchev–Trinajstić information content (AvgIpc) is 2.25. The minimum absolute atomic E-state index is 0.0185. The van der Waals surface area contributed by atoms with E-state index in [1.807, 2.05) is 13.8 Å². The normalized spacial score (nSPS) is 35.1. The van der Waals surface area contributed by atoms with Crippen LogP contribution in [0, 0.1) is 12.3 Å². The molecule has 0 aromatic carbocycles. The molecule has 1 aliphatic heterocycles. The van der Waals surface area contributed by atoms with E-state index < -0.39 is 5.79 Å². The number of hydrogen-bond acceptors (Lipinski definition) is 2. The Bertz CT molecular complexity index is 183. The predicted octanol–water partition coefficient (Wildman–Crippen LogP) is 1.53. The molecule has 1 fully saturated rings. The predicted molar refractivity (Wildman–Crippen MR) is 46.5 cm³/mol. The first-order valence-electron chi connectivity index (χ1n) is 3.47. The molecule has 1 rings (SSSR count). The second-order valence-corrected chi connectivity index (χ2v) is 3.56. The molecule has 1 aliphatic rings. The first-order valence-corrected chi connectivity index (χ1v) is 4.59. The molecular weight excluding hydrogens is 208 g/mol. The van der Waals surface area contributed by atoms with Crippen LogP contribution in [0.4, 0.5) is 0 Å². The quantitative estimate of drug-likeness (QED) is 0.492. The lowest BCUT2D eigenvalue weighted by atomic mass is 10.2. The second-order valence-electron chi connectivity index (χ2n) is 2.92. The van der Waals surface area contributed by atoms with Gasteiger partial charge in [0.15, 0.2) is 5.79 Å². The fourth-order valence-corrected chi connectivity index (χ4v) is 1.56. The van der Waals surface area contributed by atoms with Crippen molar-refractivity contribution in [3.8, 4) is 12.3 Å². The average molecular weight is 219 g/mol. The van der Waals surface area contributed by atoms with Crippen LogP contribution >= 0.6 is 15.9 Å². The molecule has 0 bridgehead atoms. The molecule has 0 saturated carbocycles. The molecular formula is C8H11BrO2. The van der Waals surface area contributed by atoms with Crippen LogP contribution in [-0.2, 0) is 9.47 Å². The van der Waals surface area contributed by atoms with Crippen molar-refractivity contribution in [1.82, 2.24) is 0 Å². The molecule has 1 saturated heterocycles. The minimum Gasteiger partial charge on any atom is -0.343 e. The van der Waals surface area contributed by atoms with Gasteiger partial charge in [0.2, 0.25) is 0 Å². The van der Waals surface area contributed by atoms with Gasteiger partial charge in [0.05, 0.1) is 0 Å². The van der Waals surface area contributed by atoms with Crippen LogP contribution in [0.25, 0.3) is 0 Å². The van der Waals surface area contributed by atoms with E-state index in [9.17, 15) is 0 Å². The van der Waals surface area contributed by atoms with E-state index >= 15 is 0 Å². The summed E-state index contributed by atoms with van der Waals surface area (Å²) < 4.78 is 10.9. The van der Waals surface area contributed by atoms with E-state index in [-0.39, 0.29) is 12.2 Å². The van der Waals surface area contributed by atoms with Crippen molar-refractivity contribution >= 4 is 15.9 Å². The smallest absolute Gasteiger partial charge is 0.165 e. The van der Waals surface area contributed by atoms with Crippen molar-refractivity contribution in [3.63, 3.8) is 0 Å². The van der Waals surface area contributed by atoms with Crippen molar-refractivity contribution in [2.45, 2.75) is 31.8 Å². The highest BCUT2D eigenvalue weighted by Gasteiger charge is 2.39. The Balaban J connectivity index is 2.64. The molecule has 1 heterocycles. The van der Waals surface area contributed by atoms with Crippen LogP contribution in [-0.4, -0.2) is 23.3 Å². The molecule has 0 aromatic rings. The van der Waals surface area contributed by atoms with Crippen LogP contribution in [0.15, 0.2) is 0 Å².